The summed E-state index contributed by atoms with van der Waals surface area (Å²) < 4.78 is 5.73. The number of nitrogens with zero attached hydrogens (tertiary/aromatic N) is 2. The molecule has 1 aliphatic rings. The van der Waals surface area contributed by atoms with Gasteiger partial charge in [-0.15, -0.1) is 0 Å². The molecule has 1 heterocycles. The fourth-order valence-corrected chi connectivity index (χ4v) is 3.28. The molecule has 27 heavy (non-hydrogen) atoms. The topological polar surface area (TPSA) is 73.9 Å². The summed E-state index contributed by atoms with van der Waals surface area (Å²) in [6.45, 7) is 6.19. The van der Waals surface area contributed by atoms with Gasteiger partial charge in [0.05, 0.1) is 6.10 Å². The summed E-state index contributed by atoms with van der Waals surface area (Å²) in [6, 6.07) is 5.55. The number of anilines is 2. The summed E-state index contributed by atoms with van der Waals surface area (Å²) in [4.78, 5) is 28.2. The van der Waals surface area contributed by atoms with E-state index in [0.29, 0.717) is 31.7 Å². The quantitative estimate of drug-likeness (QED) is 0.732. The van der Waals surface area contributed by atoms with Crippen LogP contribution in [0.2, 0.25) is 0 Å². The summed E-state index contributed by atoms with van der Waals surface area (Å²) in [5.41, 5.74) is 2.73. The smallest absolute Gasteiger partial charge is 0.319 e. The van der Waals surface area contributed by atoms with Crippen LogP contribution in [0.15, 0.2) is 18.2 Å². The molecule has 0 saturated carbocycles. The fourth-order valence-electron chi connectivity index (χ4n) is 3.28. The summed E-state index contributed by atoms with van der Waals surface area (Å²) in [5, 5.41) is 5.57. The first-order chi connectivity index (χ1) is 12.9. The van der Waals surface area contributed by atoms with E-state index in [4.69, 9.17) is 4.74 Å². The standard InChI is InChI=1S/C20H32N4O3/c1-5-19(25)24(14-17-8-7-11-27-17)13-15-12-16(22-20(26)21-6-2)9-10-18(15)23(3)4/h9-10,12,17H,5-8,11,13-14H2,1-4H3,(H2,21,22,26)/t17-/m0/s1. The Kier molecular flexibility index (Phi) is 7.91. The van der Waals surface area contributed by atoms with Gasteiger partial charge < -0.3 is 25.2 Å². The van der Waals surface area contributed by atoms with E-state index in [-0.39, 0.29) is 18.0 Å². The molecule has 1 aromatic carbocycles. The highest BCUT2D eigenvalue weighted by molar-refractivity contribution is 5.89. The summed E-state index contributed by atoms with van der Waals surface area (Å²) in [5.74, 6) is 0.109. The Labute approximate surface area is 162 Å². The van der Waals surface area contributed by atoms with Crippen molar-refractivity contribution >= 4 is 23.3 Å². The first-order valence-corrected chi connectivity index (χ1v) is 9.69. The molecular weight excluding hydrogens is 344 g/mol. The lowest BCUT2D eigenvalue weighted by atomic mass is 10.1. The molecule has 0 aliphatic carbocycles. The van der Waals surface area contributed by atoms with Gasteiger partial charge in [0.1, 0.15) is 0 Å². The Morgan fingerprint density at radius 2 is 2.04 bits per heavy atom. The van der Waals surface area contributed by atoms with Crippen LogP contribution in [0.3, 0.4) is 0 Å². The van der Waals surface area contributed by atoms with Crippen molar-refractivity contribution in [3.8, 4) is 0 Å². The second kappa shape index (κ2) is 10.2. The van der Waals surface area contributed by atoms with Gasteiger partial charge in [-0.1, -0.05) is 6.92 Å². The molecule has 1 fully saturated rings. The van der Waals surface area contributed by atoms with Crippen molar-refractivity contribution in [3.63, 3.8) is 0 Å². The highest BCUT2D eigenvalue weighted by Crippen LogP contribution is 2.25. The zero-order valence-corrected chi connectivity index (χ0v) is 16.9. The van der Waals surface area contributed by atoms with Gasteiger partial charge in [-0.2, -0.15) is 0 Å². The first-order valence-electron chi connectivity index (χ1n) is 9.69. The molecule has 1 aliphatic heterocycles. The third-order valence-electron chi connectivity index (χ3n) is 4.62. The van der Waals surface area contributed by atoms with Gasteiger partial charge >= 0.3 is 6.03 Å². The number of nitrogens with one attached hydrogen (secondary N) is 2. The highest BCUT2D eigenvalue weighted by atomic mass is 16.5. The number of carbonyl (C=O) groups excluding carboxylic acids is 2. The lowest BCUT2D eigenvalue weighted by molar-refractivity contribution is -0.133. The van der Waals surface area contributed by atoms with Crippen LogP contribution in [-0.2, 0) is 16.1 Å². The van der Waals surface area contributed by atoms with Gasteiger partial charge in [-0.25, -0.2) is 4.79 Å². The molecular formula is C20H32N4O3. The molecule has 150 valence electrons. The van der Waals surface area contributed by atoms with Crippen LogP contribution in [0.4, 0.5) is 16.2 Å². The summed E-state index contributed by atoms with van der Waals surface area (Å²) in [6.07, 6.45) is 2.61. The minimum Gasteiger partial charge on any atom is -0.377 e. The van der Waals surface area contributed by atoms with Crippen molar-refractivity contribution in [2.45, 2.75) is 45.8 Å². The van der Waals surface area contributed by atoms with E-state index in [1.165, 1.54) is 0 Å². The zero-order chi connectivity index (χ0) is 19.8. The lowest BCUT2D eigenvalue weighted by Gasteiger charge is -2.28. The molecule has 1 saturated heterocycles. The molecule has 2 N–H and O–H groups in total. The second-order valence-corrected chi connectivity index (χ2v) is 6.99. The van der Waals surface area contributed by atoms with Gasteiger partial charge in [0, 0.05) is 58.1 Å². The van der Waals surface area contributed by atoms with Gasteiger partial charge in [0.15, 0.2) is 0 Å². The van der Waals surface area contributed by atoms with Crippen LogP contribution in [0.25, 0.3) is 0 Å². The molecule has 0 unspecified atom stereocenters. The zero-order valence-electron chi connectivity index (χ0n) is 16.9. The van der Waals surface area contributed by atoms with E-state index < -0.39 is 0 Å². The van der Waals surface area contributed by atoms with Crippen molar-refractivity contribution in [2.75, 3.05) is 44.0 Å². The maximum Gasteiger partial charge on any atom is 0.319 e. The third kappa shape index (κ3) is 6.13. The highest BCUT2D eigenvalue weighted by Gasteiger charge is 2.23. The van der Waals surface area contributed by atoms with Crippen molar-refractivity contribution in [1.82, 2.24) is 10.2 Å². The normalized spacial score (nSPS) is 16.1. The molecule has 2 rings (SSSR count). The average Bonchev–Trinajstić information content (AvgIpc) is 3.13. The number of rotatable bonds is 8. The number of amides is 3. The molecule has 3 amide bonds. The number of carbonyl (C=O) groups is 2. The number of ether oxygens (including phenoxy) is 1. The Balaban J connectivity index is 2.22. The molecule has 7 nitrogen and oxygen atoms in total. The summed E-state index contributed by atoms with van der Waals surface area (Å²) >= 11 is 0. The van der Waals surface area contributed by atoms with Crippen LogP contribution in [0, 0.1) is 0 Å². The number of hydrogen-bond acceptors (Lipinski definition) is 4. The van der Waals surface area contributed by atoms with E-state index in [1.54, 1.807) is 0 Å². The predicted octanol–water partition coefficient (Wildman–Crippen LogP) is 2.81. The average molecular weight is 377 g/mol. The van der Waals surface area contributed by atoms with Crippen molar-refractivity contribution in [2.24, 2.45) is 0 Å². The molecule has 0 aromatic heterocycles. The molecule has 1 atom stereocenters. The molecule has 7 heteroatoms. The summed E-state index contributed by atoms with van der Waals surface area (Å²) in [7, 11) is 3.95. The fraction of sp³-hybridized carbons (Fsp3) is 0.600. The van der Waals surface area contributed by atoms with Crippen LogP contribution >= 0.6 is 0 Å². The SMILES string of the molecule is CCNC(=O)Nc1ccc(N(C)C)c(CN(C[C@@H]2CCCO2)C(=O)CC)c1. The number of hydrogen-bond donors (Lipinski definition) is 2. The Bertz CT molecular complexity index is 642. The van der Waals surface area contributed by atoms with Crippen molar-refractivity contribution in [3.05, 3.63) is 23.8 Å². The minimum absolute atomic E-state index is 0.109. The Morgan fingerprint density at radius 3 is 2.63 bits per heavy atom. The monoisotopic (exact) mass is 376 g/mol. The predicted molar refractivity (Wildman–Crippen MR) is 108 cm³/mol. The van der Waals surface area contributed by atoms with Crippen molar-refractivity contribution in [1.29, 1.82) is 0 Å². The van der Waals surface area contributed by atoms with E-state index in [0.717, 1.165) is 30.7 Å². The number of urea groups is 1. The van der Waals surface area contributed by atoms with Crippen LogP contribution in [0.1, 0.15) is 38.7 Å². The van der Waals surface area contributed by atoms with Gasteiger partial charge in [0.2, 0.25) is 5.91 Å². The van der Waals surface area contributed by atoms with Crippen molar-refractivity contribution < 1.29 is 14.3 Å². The lowest BCUT2D eigenvalue weighted by Crippen LogP contribution is -2.37. The molecule has 0 radical (unpaired) electrons. The largest absolute Gasteiger partial charge is 0.377 e. The molecule has 0 bridgehead atoms. The van der Waals surface area contributed by atoms with E-state index in [1.807, 2.05) is 55.9 Å². The Hall–Kier alpha value is -2.28. The maximum absolute atomic E-state index is 12.5. The van der Waals surface area contributed by atoms with Gasteiger partial charge in [0.25, 0.3) is 0 Å². The first kappa shape index (κ1) is 21.0. The van der Waals surface area contributed by atoms with E-state index in [9.17, 15) is 9.59 Å². The second-order valence-electron chi connectivity index (χ2n) is 6.99. The number of benzene rings is 1. The molecule has 0 spiro atoms. The minimum atomic E-state index is -0.234. The van der Waals surface area contributed by atoms with Gasteiger partial charge in [-0.3, -0.25) is 4.79 Å². The van der Waals surface area contributed by atoms with E-state index in [2.05, 4.69) is 10.6 Å². The van der Waals surface area contributed by atoms with Gasteiger partial charge in [-0.05, 0) is 43.5 Å². The molecule has 1 aromatic rings. The van der Waals surface area contributed by atoms with E-state index >= 15 is 0 Å². The van der Waals surface area contributed by atoms with Crippen LogP contribution in [-0.4, -0.2) is 56.7 Å². The van der Waals surface area contributed by atoms with Crippen LogP contribution < -0.4 is 15.5 Å². The Morgan fingerprint density at radius 1 is 1.26 bits per heavy atom. The van der Waals surface area contributed by atoms with Crippen LogP contribution in [0.5, 0.6) is 0 Å². The maximum atomic E-state index is 12.5. The third-order valence-corrected chi connectivity index (χ3v) is 4.62.